The number of benzene rings is 4. The number of rotatable bonds is 7. The van der Waals surface area contributed by atoms with Gasteiger partial charge < -0.3 is 9.47 Å². The predicted molar refractivity (Wildman–Crippen MR) is 149 cm³/mol. The van der Waals surface area contributed by atoms with Crippen molar-refractivity contribution in [2.45, 2.75) is 13.2 Å². The maximum absolute atomic E-state index is 13.0. The first kappa shape index (κ1) is 25.4. The molecule has 0 saturated carbocycles. The van der Waals surface area contributed by atoms with Crippen LogP contribution in [0.15, 0.2) is 83.8 Å². The standard InChI is InChI=1S/C30H21ClN2O4S/c1-36-26-14-20(13-25(31)28(26)37-18-19-10-11-21-6-2-3-7-22(21)12-19)15-27-29(34)33(30(35)38-27)17-24-9-5-4-8-23(24)16-32/h2-15H,17-18H2,1H3/b27-15+. The minimum absolute atomic E-state index is 0.0252. The number of hydrogen-bond acceptors (Lipinski definition) is 6. The topological polar surface area (TPSA) is 79.6 Å². The molecule has 1 fully saturated rings. The largest absolute Gasteiger partial charge is 0.493 e. The van der Waals surface area contributed by atoms with Crippen LogP contribution >= 0.6 is 23.4 Å². The van der Waals surface area contributed by atoms with Crippen LogP contribution in [-0.4, -0.2) is 23.2 Å². The van der Waals surface area contributed by atoms with Crippen LogP contribution in [0.4, 0.5) is 4.79 Å². The van der Waals surface area contributed by atoms with Crippen LogP contribution in [0.1, 0.15) is 22.3 Å². The molecule has 0 unspecified atom stereocenters. The van der Waals surface area contributed by atoms with E-state index in [-0.39, 0.29) is 11.4 Å². The van der Waals surface area contributed by atoms with Gasteiger partial charge in [0.25, 0.3) is 11.1 Å². The molecule has 4 aromatic carbocycles. The average Bonchev–Trinajstić information content (AvgIpc) is 3.19. The molecule has 0 atom stereocenters. The fourth-order valence-electron chi connectivity index (χ4n) is 4.17. The predicted octanol–water partition coefficient (Wildman–Crippen LogP) is 7.19. The van der Waals surface area contributed by atoms with Crippen LogP contribution in [0, 0.1) is 11.3 Å². The van der Waals surface area contributed by atoms with Gasteiger partial charge in [-0.2, -0.15) is 5.26 Å². The fraction of sp³-hybridized carbons (Fsp3) is 0.100. The van der Waals surface area contributed by atoms with Gasteiger partial charge in [-0.3, -0.25) is 14.5 Å². The molecule has 8 heteroatoms. The van der Waals surface area contributed by atoms with Crippen molar-refractivity contribution in [3.05, 3.63) is 111 Å². The zero-order valence-electron chi connectivity index (χ0n) is 20.3. The van der Waals surface area contributed by atoms with Crippen molar-refractivity contribution < 1.29 is 19.1 Å². The summed E-state index contributed by atoms with van der Waals surface area (Å²) in [7, 11) is 1.51. The molecular formula is C30H21ClN2O4S. The number of imide groups is 1. The molecule has 4 aromatic rings. The summed E-state index contributed by atoms with van der Waals surface area (Å²) in [6.45, 7) is 0.320. The number of nitrogens with zero attached hydrogens (tertiary/aromatic N) is 2. The summed E-state index contributed by atoms with van der Waals surface area (Å²) < 4.78 is 11.5. The molecule has 5 rings (SSSR count). The second kappa shape index (κ2) is 11.0. The molecule has 0 bridgehead atoms. The van der Waals surface area contributed by atoms with E-state index in [4.69, 9.17) is 21.1 Å². The van der Waals surface area contributed by atoms with Gasteiger partial charge >= 0.3 is 0 Å². The van der Waals surface area contributed by atoms with E-state index in [1.54, 1.807) is 42.5 Å². The Balaban J connectivity index is 1.35. The van der Waals surface area contributed by atoms with E-state index in [0.29, 0.717) is 39.8 Å². The minimum atomic E-state index is -0.431. The highest BCUT2D eigenvalue weighted by atomic mass is 35.5. The number of carbonyl (C=O) groups is 2. The molecule has 1 heterocycles. The number of thioether (sulfide) groups is 1. The number of methoxy groups -OCH3 is 1. The number of ether oxygens (including phenoxy) is 2. The van der Waals surface area contributed by atoms with Gasteiger partial charge in [0, 0.05) is 0 Å². The number of halogens is 1. The average molecular weight is 541 g/mol. The second-order valence-corrected chi connectivity index (χ2v) is 9.94. The number of fused-ring (bicyclic) bond motifs is 1. The number of carbonyl (C=O) groups excluding carboxylic acids is 2. The highest BCUT2D eigenvalue weighted by Crippen LogP contribution is 2.39. The molecule has 0 N–H and O–H groups in total. The van der Waals surface area contributed by atoms with Crippen LogP contribution in [-0.2, 0) is 17.9 Å². The second-order valence-electron chi connectivity index (χ2n) is 8.54. The molecule has 188 valence electrons. The lowest BCUT2D eigenvalue weighted by molar-refractivity contribution is -0.123. The molecule has 2 amide bonds. The third-order valence-corrected chi connectivity index (χ3v) is 7.27. The van der Waals surface area contributed by atoms with E-state index >= 15 is 0 Å². The summed E-state index contributed by atoms with van der Waals surface area (Å²) >= 11 is 7.40. The Hall–Kier alpha value is -4.25. The summed E-state index contributed by atoms with van der Waals surface area (Å²) in [6.07, 6.45) is 1.60. The normalized spacial score (nSPS) is 14.2. The minimum Gasteiger partial charge on any atom is -0.493 e. The first-order valence-corrected chi connectivity index (χ1v) is 12.9. The smallest absolute Gasteiger partial charge is 0.293 e. The van der Waals surface area contributed by atoms with E-state index in [9.17, 15) is 14.9 Å². The van der Waals surface area contributed by atoms with Gasteiger partial charge in [-0.25, -0.2) is 0 Å². The number of nitriles is 1. The molecule has 38 heavy (non-hydrogen) atoms. The monoisotopic (exact) mass is 540 g/mol. The van der Waals surface area contributed by atoms with Crippen molar-refractivity contribution in [2.24, 2.45) is 0 Å². The zero-order chi connectivity index (χ0) is 26.6. The van der Waals surface area contributed by atoms with Gasteiger partial charge in [0.15, 0.2) is 11.5 Å². The highest BCUT2D eigenvalue weighted by Gasteiger charge is 2.35. The lowest BCUT2D eigenvalue weighted by Crippen LogP contribution is -2.27. The molecule has 1 aliphatic rings. The van der Waals surface area contributed by atoms with Crippen molar-refractivity contribution in [1.82, 2.24) is 4.90 Å². The first-order valence-electron chi connectivity index (χ1n) is 11.7. The van der Waals surface area contributed by atoms with Gasteiger partial charge in [0.05, 0.1) is 35.2 Å². The molecule has 6 nitrogen and oxygen atoms in total. The van der Waals surface area contributed by atoms with Crippen molar-refractivity contribution in [3.63, 3.8) is 0 Å². The van der Waals surface area contributed by atoms with Gasteiger partial charge in [0.1, 0.15) is 6.61 Å². The Kier molecular flexibility index (Phi) is 7.36. The lowest BCUT2D eigenvalue weighted by Gasteiger charge is -2.14. The maximum atomic E-state index is 13.0. The van der Waals surface area contributed by atoms with Gasteiger partial charge in [-0.05, 0) is 69.6 Å². The Labute approximate surface area is 229 Å². The van der Waals surface area contributed by atoms with Crippen molar-refractivity contribution in [1.29, 1.82) is 5.26 Å². The SMILES string of the molecule is COc1cc(/C=C2/SC(=O)N(Cc3ccccc3C#N)C2=O)cc(Cl)c1OCc1ccc2ccccc2c1. The fourth-order valence-corrected chi connectivity index (χ4v) is 5.28. The summed E-state index contributed by atoms with van der Waals surface area (Å²) in [6, 6.07) is 26.6. The van der Waals surface area contributed by atoms with Crippen LogP contribution in [0.5, 0.6) is 11.5 Å². The zero-order valence-corrected chi connectivity index (χ0v) is 21.9. The third kappa shape index (κ3) is 5.23. The van der Waals surface area contributed by atoms with Crippen LogP contribution in [0.3, 0.4) is 0 Å². The van der Waals surface area contributed by atoms with Crippen molar-refractivity contribution in [3.8, 4) is 17.6 Å². The summed E-state index contributed by atoms with van der Waals surface area (Å²) in [5.74, 6) is 0.367. The Morgan fingerprint density at radius 2 is 1.76 bits per heavy atom. The number of amides is 2. The van der Waals surface area contributed by atoms with E-state index < -0.39 is 11.1 Å². The molecule has 0 aliphatic carbocycles. The van der Waals surface area contributed by atoms with Crippen LogP contribution < -0.4 is 9.47 Å². The Bertz CT molecular complexity index is 1640. The van der Waals surface area contributed by atoms with Gasteiger partial charge in [0.2, 0.25) is 0 Å². The highest BCUT2D eigenvalue weighted by molar-refractivity contribution is 8.18. The molecule has 0 spiro atoms. The molecule has 0 aromatic heterocycles. The molecule has 1 aliphatic heterocycles. The Morgan fingerprint density at radius 1 is 1.00 bits per heavy atom. The number of hydrogen-bond donors (Lipinski definition) is 0. The molecule has 1 saturated heterocycles. The van der Waals surface area contributed by atoms with Crippen LogP contribution in [0.25, 0.3) is 16.8 Å². The molecular weight excluding hydrogens is 520 g/mol. The van der Waals surface area contributed by atoms with E-state index in [2.05, 4.69) is 18.2 Å². The van der Waals surface area contributed by atoms with Gasteiger partial charge in [-0.15, -0.1) is 0 Å². The lowest BCUT2D eigenvalue weighted by atomic mass is 10.1. The summed E-state index contributed by atoms with van der Waals surface area (Å²) in [5, 5.41) is 11.5. The van der Waals surface area contributed by atoms with Crippen molar-refractivity contribution >= 4 is 51.4 Å². The van der Waals surface area contributed by atoms with Crippen molar-refractivity contribution in [2.75, 3.05) is 7.11 Å². The van der Waals surface area contributed by atoms with Crippen LogP contribution in [0.2, 0.25) is 5.02 Å². The van der Waals surface area contributed by atoms with E-state index in [1.807, 2.05) is 30.3 Å². The first-order chi connectivity index (χ1) is 18.5. The quantitative estimate of drug-likeness (QED) is 0.231. The third-order valence-electron chi connectivity index (χ3n) is 6.09. The summed E-state index contributed by atoms with van der Waals surface area (Å²) in [5.41, 5.74) is 2.60. The summed E-state index contributed by atoms with van der Waals surface area (Å²) in [4.78, 5) is 27.0. The maximum Gasteiger partial charge on any atom is 0.293 e. The molecule has 0 radical (unpaired) electrons. The van der Waals surface area contributed by atoms with E-state index in [1.165, 1.54) is 7.11 Å². The van der Waals surface area contributed by atoms with Gasteiger partial charge in [-0.1, -0.05) is 66.2 Å². The van der Waals surface area contributed by atoms with E-state index in [0.717, 1.165) is 33.0 Å². The Morgan fingerprint density at radius 3 is 2.55 bits per heavy atom.